The summed E-state index contributed by atoms with van der Waals surface area (Å²) < 4.78 is 17.8. The Balaban J connectivity index is 2.01. The second-order valence-corrected chi connectivity index (χ2v) is 6.29. The highest BCUT2D eigenvalue weighted by Crippen LogP contribution is 2.30. The van der Waals surface area contributed by atoms with Crippen molar-refractivity contribution in [3.8, 4) is 0 Å². The highest BCUT2D eigenvalue weighted by Gasteiger charge is 2.39. The SMILES string of the molecule is CNC1(OC2CC(CO)OCC2C)CCC=C([C@@H](C)O)CO1. The summed E-state index contributed by atoms with van der Waals surface area (Å²) in [5.74, 6) is -0.618. The zero-order chi connectivity index (χ0) is 16.2. The molecule has 5 atom stereocenters. The van der Waals surface area contributed by atoms with Gasteiger partial charge in [-0.15, -0.1) is 0 Å². The number of ether oxygens (including phenoxy) is 3. The highest BCUT2D eigenvalue weighted by atomic mass is 16.7. The molecule has 1 saturated heterocycles. The molecule has 0 amide bonds. The van der Waals surface area contributed by atoms with Crippen LogP contribution in [-0.2, 0) is 14.2 Å². The van der Waals surface area contributed by atoms with Gasteiger partial charge in [-0.2, -0.15) is 0 Å². The van der Waals surface area contributed by atoms with Crippen molar-refractivity contribution in [1.29, 1.82) is 0 Å². The summed E-state index contributed by atoms with van der Waals surface area (Å²) >= 11 is 0. The molecule has 2 heterocycles. The van der Waals surface area contributed by atoms with E-state index in [1.54, 1.807) is 6.92 Å². The van der Waals surface area contributed by atoms with Gasteiger partial charge < -0.3 is 24.4 Å². The minimum atomic E-state index is -0.858. The van der Waals surface area contributed by atoms with Crippen molar-refractivity contribution in [2.45, 2.75) is 57.3 Å². The number of hydrogen-bond donors (Lipinski definition) is 3. The minimum absolute atomic E-state index is 0.00766. The molecule has 0 aromatic rings. The monoisotopic (exact) mass is 315 g/mol. The third kappa shape index (κ3) is 4.28. The van der Waals surface area contributed by atoms with Crippen LogP contribution in [-0.4, -0.2) is 61.3 Å². The quantitative estimate of drug-likeness (QED) is 0.514. The van der Waals surface area contributed by atoms with E-state index in [4.69, 9.17) is 14.2 Å². The predicted octanol–water partition coefficient (Wildman–Crippen LogP) is 0.780. The Bertz CT molecular complexity index is 387. The molecule has 1 fully saturated rings. The van der Waals surface area contributed by atoms with Gasteiger partial charge in [0.05, 0.1) is 38.1 Å². The predicted molar refractivity (Wildman–Crippen MR) is 82.2 cm³/mol. The maximum Gasteiger partial charge on any atom is 0.228 e. The second-order valence-electron chi connectivity index (χ2n) is 6.29. The summed E-state index contributed by atoms with van der Waals surface area (Å²) in [5, 5.41) is 22.2. The number of aliphatic hydroxyl groups is 2. The number of aliphatic hydroxyl groups excluding tert-OH is 2. The van der Waals surface area contributed by atoms with Crippen molar-refractivity contribution < 1.29 is 24.4 Å². The first-order chi connectivity index (χ1) is 10.5. The van der Waals surface area contributed by atoms with Gasteiger partial charge in [0.2, 0.25) is 5.91 Å². The third-order valence-electron chi connectivity index (χ3n) is 4.54. The molecule has 2 aliphatic rings. The van der Waals surface area contributed by atoms with E-state index in [2.05, 4.69) is 12.2 Å². The summed E-state index contributed by atoms with van der Waals surface area (Å²) in [5.41, 5.74) is 0.883. The molecule has 0 bridgehead atoms. The largest absolute Gasteiger partial charge is 0.394 e. The summed E-state index contributed by atoms with van der Waals surface area (Å²) in [6.45, 7) is 4.76. The van der Waals surface area contributed by atoms with Gasteiger partial charge in [0.1, 0.15) is 0 Å². The van der Waals surface area contributed by atoms with Gasteiger partial charge in [-0.25, -0.2) is 0 Å². The van der Waals surface area contributed by atoms with Crippen LogP contribution in [0.2, 0.25) is 0 Å². The maximum absolute atomic E-state index is 9.72. The molecule has 22 heavy (non-hydrogen) atoms. The van der Waals surface area contributed by atoms with Crippen molar-refractivity contribution in [2.24, 2.45) is 5.92 Å². The molecule has 0 spiro atoms. The first-order valence-electron chi connectivity index (χ1n) is 8.10. The molecule has 3 N–H and O–H groups in total. The molecule has 0 aliphatic carbocycles. The molecule has 6 nitrogen and oxygen atoms in total. The minimum Gasteiger partial charge on any atom is -0.394 e. The van der Waals surface area contributed by atoms with Gasteiger partial charge in [-0.1, -0.05) is 13.0 Å². The second kappa shape index (κ2) is 7.86. The van der Waals surface area contributed by atoms with E-state index >= 15 is 0 Å². The lowest BCUT2D eigenvalue weighted by atomic mass is 9.96. The van der Waals surface area contributed by atoms with Crippen molar-refractivity contribution in [3.05, 3.63) is 11.6 Å². The van der Waals surface area contributed by atoms with Crippen molar-refractivity contribution in [2.75, 3.05) is 26.9 Å². The molecule has 0 radical (unpaired) electrons. The van der Waals surface area contributed by atoms with E-state index in [1.165, 1.54) is 0 Å². The van der Waals surface area contributed by atoms with Crippen LogP contribution in [0.4, 0.5) is 0 Å². The topological polar surface area (TPSA) is 80.2 Å². The number of rotatable bonds is 5. The Morgan fingerprint density at radius 3 is 2.95 bits per heavy atom. The van der Waals surface area contributed by atoms with Gasteiger partial charge in [0, 0.05) is 18.8 Å². The van der Waals surface area contributed by atoms with E-state index in [0.29, 0.717) is 26.1 Å². The summed E-state index contributed by atoms with van der Waals surface area (Å²) in [7, 11) is 1.82. The molecule has 128 valence electrons. The van der Waals surface area contributed by atoms with Gasteiger partial charge in [-0.05, 0) is 26.0 Å². The Kier molecular flexibility index (Phi) is 6.37. The molecule has 0 aromatic carbocycles. The van der Waals surface area contributed by atoms with Crippen LogP contribution in [0.25, 0.3) is 0 Å². The van der Waals surface area contributed by atoms with Crippen LogP contribution in [0.1, 0.15) is 33.1 Å². The Morgan fingerprint density at radius 1 is 1.55 bits per heavy atom. The third-order valence-corrected chi connectivity index (χ3v) is 4.54. The van der Waals surface area contributed by atoms with Crippen LogP contribution in [0.3, 0.4) is 0 Å². The zero-order valence-electron chi connectivity index (χ0n) is 13.7. The Hall–Kier alpha value is -0.500. The van der Waals surface area contributed by atoms with Crippen LogP contribution in [0.5, 0.6) is 0 Å². The molecular weight excluding hydrogens is 286 g/mol. The van der Waals surface area contributed by atoms with Crippen LogP contribution >= 0.6 is 0 Å². The van der Waals surface area contributed by atoms with Gasteiger partial charge in [0.15, 0.2) is 0 Å². The van der Waals surface area contributed by atoms with Crippen LogP contribution in [0, 0.1) is 5.92 Å². The Labute approximate surface area is 132 Å². The fourth-order valence-electron chi connectivity index (χ4n) is 2.91. The number of hydrogen-bond acceptors (Lipinski definition) is 6. The molecule has 2 rings (SSSR count). The highest BCUT2D eigenvalue weighted by molar-refractivity contribution is 5.09. The standard InChI is InChI=1S/C16H29NO5/c1-11-9-20-14(8-18)7-15(11)22-16(17-3)6-4-5-13(10-21-16)12(2)19/h5,11-12,14-15,17-19H,4,6-10H2,1-3H3/t11?,12-,14?,15?,16?/m1/s1. The zero-order valence-corrected chi connectivity index (χ0v) is 13.7. The fourth-order valence-corrected chi connectivity index (χ4v) is 2.91. The summed E-state index contributed by atoms with van der Waals surface area (Å²) in [6, 6.07) is 0. The fraction of sp³-hybridized carbons (Fsp3) is 0.875. The number of nitrogens with one attached hydrogen (secondary N) is 1. The van der Waals surface area contributed by atoms with E-state index in [-0.39, 0.29) is 24.7 Å². The van der Waals surface area contributed by atoms with Crippen LogP contribution < -0.4 is 5.32 Å². The first-order valence-corrected chi connectivity index (χ1v) is 8.10. The van der Waals surface area contributed by atoms with Crippen molar-refractivity contribution in [1.82, 2.24) is 5.32 Å². The lowest BCUT2D eigenvalue weighted by molar-refractivity contribution is -0.293. The van der Waals surface area contributed by atoms with Gasteiger partial charge in [-0.3, -0.25) is 5.32 Å². The molecule has 6 heteroatoms. The molecule has 0 saturated carbocycles. The van der Waals surface area contributed by atoms with E-state index < -0.39 is 12.0 Å². The Morgan fingerprint density at radius 2 is 2.32 bits per heavy atom. The van der Waals surface area contributed by atoms with E-state index in [9.17, 15) is 10.2 Å². The van der Waals surface area contributed by atoms with E-state index in [0.717, 1.165) is 12.0 Å². The summed E-state index contributed by atoms with van der Waals surface area (Å²) in [4.78, 5) is 0. The lowest BCUT2D eigenvalue weighted by Crippen LogP contribution is -2.53. The average Bonchev–Trinajstić information content (AvgIpc) is 2.73. The molecule has 4 unspecified atom stereocenters. The van der Waals surface area contributed by atoms with Crippen molar-refractivity contribution in [3.63, 3.8) is 0 Å². The maximum atomic E-state index is 9.72. The molecular formula is C16H29NO5. The summed E-state index contributed by atoms with van der Waals surface area (Å²) in [6.07, 6.45) is 3.42. The smallest absolute Gasteiger partial charge is 0.228 e. The van der Waals surface area contributed by atoms with E-state index in [1.807, 2.05) is 13.1 Å². The van der Waals surface area contributed by atoms with Gasteiger partial charge >= 0.3 is 0 Å². The normalized spacial score (nSPS) is 38.2. The van der Waals surface area contributed by atoms with Crippen LogP contribution in [0.15, 0.2) is 11.6 Å². The average molecular weight is 315 g/mol. The van der Waals surface area contributed by atoms with Gasteiger partial charge in [0.25, 0.3) is 0 Å². The first kappa shape index (κ1) is 17.8. The lowest BCUT2D eigenvalue weighted by Gasteiger charge is -2.41. The van der Waals surface area contributed by atoms with Crippen molar-refractivity contribution >= 4 is 0 Å². The molecule has 2 aliphatic heterocycles. The molecule has 0 aromatic heterocycles. The number of allylic oxidation sites excluding steroid dienone is 1.